The van der Waals surface area contributed by atoms with Gasteiger partial charge < -0.3 is 18.9 Å². The minimum absolute atomic E-state index is 0.0300. The highest BCUT2D eigenvalue weighted by molar-refractivity contribution is 7.48. The van der Waals surface area contributed by atoms with E-state index in [1.807, 2.05) is 0 Å². The summed E-state index contributed by atoms with van der Waals surface area (Å²) in [6, 6.07) is 0. The van der Waals surface area contributed by atoms with Crippen LogP contribution in [0.5, 0.6) is 0 Å². The van der Waals surface area contributed by atoms with Crippen molar-refractivity contribution in [2.45, 2.75) is 296 Å². The van der Waals surface area contributed by atoms with Crippen LogP contribution in [0.2, 0.25) is 0 Å². The van der Waals surface area contributed by atoms with Gasteiger partial charge in [0.25, 0.3) is 0 Å². The number of carbonyl (C=O) groups is 2. The Bertz CT molecular complexity index is 1080. The predicted octanol–water partition coefficient (Wildman–Crippen LogP) is 16.6. The second-order valence-corrected chi connectivity index (χ2v) is 20.6. The molecule has 1 heterocycles. The number of carbonyl (C=O) groups excluding carboxylic acids is 2. The van der Waals surface area contributed by atoms with E-state index in [0.717, 1.165) is 57.8 Å². The van der Waals surface area contributed by atoms with Gasteiger partial charge in [0.15, 0.2) is 12.4 Å². The van der Waals surface area contributed by atoms with Gasteiger partial charge in [0.2, 0.25) is 0 Å². The SMILES string of the molecule is CCCCCCCCCCCCCCCCCC1OCC(COP(=O)(OC)OC[C@@H](COC(=O)CCCCCCCCCCCCC)OC(=O)CCCCCCCCCCCCC)O1. The quantitative estimate of drug-likeness (QED) is 0.0332. The zero-order valence-corrected chi connectivity index (χ0v) is 43.3. The van der Waals surface area contributed by atoms with E-state index >= 15 is 0 Å². The standard InChI is InChI=1S/C53H103O10P/c1-5-8-11-14-17-20-23-24-25-26-29-32-35-38-41-44-53-59-46-50(63-53)48-61-64(56,57-4)60-47-49(62-52(55)43-40-37-34-31-28-22-19-16-13-10-7-3)45-58-51(54)42-39-36-33-30-27-21-18-15-12-9-6-2/h49-50,53H,5-48H2,1-4H3/t49-,50?,53?,64?/m1/s1. The highest BCUT2D eigenvalue weighted by Crippen LogP contribution is 2.49. The second kappa shape index (κ2) is 45.7. The first-order chi connectivity index (χ1) is 31.4. The molecule has 0 aliphatic carbocycles. The van der Waals surface area contributed by atoms with Crippen molar-refractivity contribution in [3.8, 4) is 0 Å². The number of ether oxygens (including phenoxy) is 4. The molecule has 0 radical (unpaired) electrons. The molecule has 1 aliphatic rings. The summed E-state index contributed by atoms with van der Waals surface area (Å²) < 4.78 is 53.1. The molecule has 0 saturated carbocycles. The smallest absolute Gasteiger partial charge is 0.462 e. The molecule has 380 valence electrons. The Labute approximate surface area is 394 Å². The maximum absolute atomic E-state index is 13.5. The lowest BCUT2D eigenvalue weighted by molar-refractivity contribution is -0.161. The van der Waals surface area contributed by atoms with E-state index in [-0.39, 0.29) is 38.5 Å². The number of unbranched alkanes of at least 4 members (excludes halogenated alkanes) is 34. The third kappa shape index (κ3) is 39.0. The molecule has 1 aliphatic heterocycles. The zero-order chi connectivity index (χ0) is 46.4. The summed E-state index contributed by atoms with van der Waals surface area (Å²) in [6.45, 7) is 6.58. The van der Waals surface area contributed by atoms with Crippen LogP contribution < -0.4 is 0 Å². The zero-order valence-electron chi connectivity index (χ0n) is 42.4. The second-order valence-electron chi connectivity index (χ2n) is 18.8. The van der Waals surface area contributed by atoms with Crippen LogP contribution in [0.25, 0.3) is 0 Å². The minimum Gasteiger partial charge on any atom is -0.462 e. The molecule has 0 N–H and O–H groups in total. The molecule has 0 aromatic carbocycles. The third-order valence-corrected chi connectivity index (χ3v) is 14.0. The van der Waals surface area contributed by atoms with Crippen LogP contribution in [0, 0.1) is 0 Å². The van der Waals surface area contributed by atoms with Crippen molar-refractivity contribution in [1.82, 2.24) is 0 Å². The Kier molecular flexibility index (Phi) is 43.6. The Morgan fingerprint density at radius 1 is 0.500 bits per heavy atom. The van der Waals surface area contributed by atoms with E-state index in [1.54, 1.807) is 0 Å². The monoisotopic (exact) mass is 931 g/mol. The van der Waals surface area contributed by atoms with Gasteiger partial charge in [-0.15, -0.1) is 0 Å². The fourth-order valence-corrected chi connectivity index (χ4v) is 9.39. The van der Waals surface area contributed by atoms with Gasteiger partial charge >= 0.3 is 19.8 Å². The normalized spacial score (nSPS) is 16.6. The summed E-state index contributed by atoms with van der Waals surface area (Å²) in [5, 5.41) is 0. The van der Waals surface area contributed by atoms with Crippen molar-refractivity contribution >= 4 is 19.8 Å². The molecule has 0 spiro atoms. The van der Waals surface area contributed by atoms with Crippen LogP contribution in [0.1, 0.15) is 278 Å². The van der Waals surface area contributed by atoms with E-state index < -0.39 is 26.0 Å². The topological polar surface area (TPSA) is 116 Å². The average Bonchev–Trinajstić information content (AvgIpc) is 3.76. The van der Waals surface area contributed by atoms with Gasteiger partial charge in [0.05, 0.1) is 19.8 Å². The van der Waals surface area contributed by atoms with E-state index in [9.17, 15) is 14.2 Å². The highest BCUT2D eigenvalue weighted by Gasteiger charge is 2.33. The number of hydrogen-bond donors (Lipinski definition) is 0. The molecule has 64 heavy (non-hydrogen) atoms. The van der Waals surface area contributed by atoms with Crippen LogP contribution >= 0.6 is 7.82 Å². The first-order valence-electron chi connectivity index (χ1n) is 27.4. The van der Waals surface area contributed by atoms with Gasteiger partial charge in [-0.3, -0.25) is 23.2 Å². The van der Waals surface area contributed by atoms with Crippen molar-refractivity contribution in [1.29, 1.82) is 0 Å². The summed E-state index contributed by atoms with van der Waals surface area (Å²) in [5.41, 5.74) is 0. The van der Waals surface area contributed by atoms with E-state index in [1.165, 1.54) is 193 Å². The minimum atomic E-state index is -4.03. The van der Waals surface area contributed by atoms with E-state index in [2.05, 4.69) is 20.8 Å². The Balaban J connectivity index is 2.39. The Morgan fingerprint density at radius 2 is 0.875 bits per heavy atom. The Morgan fingerprint density at radius 3 is 1.28 bits per heavy atom. The molecule has 1 rings (SSSR count). The van der Waals surface area contributed by atoms with Crippen LogP contribution in [0.4, 0.5) is 0 Å². The molecule has 0 bridgehead atoms. The summed E-state index contributed by atoms with van der Waals surface area (Å²) in [5.74, 6) is -0.735. The van der Waals surface area contributed by atoms with Crippen molar-refractivity contribution in [2.24, 2.45) is 0 Å². The number of hydrogen-bond acceptors (Lipinski definition) is 10. The lowest BCUT2D eigenvalue weighted by Gasteiger charge is -2.22. The largest absolute Gasteiger partial charge is 0.474 e. The molecule has 11 heteroatoms. The van der Waals surface area contributed by atoms with Crippen molar-refractivity contribution in [3.63, 3.8) is 0 Å². The van der Waals surface area contributed by atoms with Crippen molar-refractivity contribution < 1.29 is 46.7 Å². The fourth-order valence-electron chi connectivity index (χ4n) is 8.41. The Hall–Kier alpha value is -1.03. The van der Waals surface area contributed by atoms with Gasteiger partial charge in [0.1, 0.15) is 12.7 Å². The predicted molar refractivity (Wildman–Crippen MR) is 264 cm³/mol. The maximum atomic E-state index is 13.5. The number of phosphoric ester groups is 1. The summed E-state index contributed by atoms with van der Waals surface area (Å²) in [6.07, 6.45) is 45.8. The first-order valence-corrected chi connectivity index (χ1v) is 28.9. The van der Waals surface area contributed by atoms with Gasteiger partial charge in [-0.2, -0.15) is 0 Å². The molecule has 0 aromatic rings. The van der Waals surface area contributed by atoms with Crippen LogP contribution in [0.15, 0.2) is 0 Å². The number of phosphoric acid groups is 1. The lowest BCUT2D eigenvalue weighted by Crippen LogP contribution is -2.30. The third-order valence-electron chi connectivity index (χ3n) is 12.6. The molecule has 0 amide bonds. The first kappa shape index (κ1) is 61.0. The van der Waals surface area contributed by atoms with Crippen LogP contribution in [-0.4, -0.2) is 64.0 Å². The fraction of sp³-hybridized carbons (Fsp3) is 0.962. The van der Waals surface area contributed by atoms with Gasteiger partial charge in [-0.1, -0.05) is 239 Å². The maximum Gasteiger partial charge on any atom is 0.474 e. The summed E-state index contributed by atoms with van der Waals surface area (Å²) in [7, 11) is -2.77. The molecule has 4 atom stereocenters. The van der Waals surface area contributed by atoms with Crippen molar-refractivity contribution in [3.05, 3.63) is 0 Å². The van der Waals surface area contributed by atoms with E-state index in [4.69, 9.17) is 32.5 Å². The highest BCUT2D eigenvalue weighted by atomic mass is 31.2. The molecular formula is C53H103O10P. The average molecular weight is 931 g/mol. The lowest BCUT2D eigenvalue weighted by atomic mass is 10.0. The van der Waals surface area contributed by atoms with Gasteiger partial charge in [-0.05, 0) is 25.7 Å². The van der Waals surface area contributed by atoms with Crippen molar-refractivity contribution in [2.75, 3.05) is 33.5 Å². The molecule has 3 unspecified atom stereocenters. The molecule has 10 nitrogen and oxygen atoms in total. The molecular weight excluding hydrogens is 828 g/mol. The van der Waals surface area contributed by atoms with Crippen LogP contribution in [0.3, 0.4) is 0 Å². The molecule has 0 aromatic heterocycles. The summed E-state index contributed by atoms with van der Waals surface area (Å²) in [4.78, 5) is 25.6. The van der Waals surface area contributed by atoms with Crippen LogP contribution in [-0.2, 0) is 46.7 Å². The van der Waals surface area contributed by atoms with E-state index in [0.29, 0.717) is 13.0 Å². The number of esters is 2. The molecule has 1 saturated heterocycles. The van der Waals surface area contributed by atoms with Gasteiger partial charge in [0, 0.05) is 20.0 Å². The molecule has 1 fully saturated rings. The summed E-state index contributed by atoms with van der Waals surface area (Å²) >= 11 is 0. The number of rotatable bonds is 50. The van der Waals surface area contributed by atoms with Gasteiger partial charge in [-0.25, -0.2) is 4.57 Å².